The Morgan fingerprint density at radius 2 is 1.68 bits per heavy atom. The van der Waals surface area contributed by atoms with E-state index in [0.29, 0.717) is 21.1 Å². The minimum Gasteiger partial charge on any atom is -0.325 e. The first kappa shape index (κ1) is 25.7. The minimum atomic E-state index is -4.52. The SMILES string of the molecule is Cc1sc2nc(SCC(=O)Nc3cccc(C(F)(F)F)c3)n(-c3ccccc3)c(=O)c2c1-c1ccccc1. The zero-order chi connectivity index (χ0) is 26.9. The number of fused-ring (bicyclic) bond motifs is 1. The second kappa shape index (κ2) is 10.5. The second-order valence-electron chi connectivity index (χ2n) is 8.37. The number of carbonyl (C=O) groups excluding carboxylic acids is 1. The number of thioether (sulfide) groups is 1. The lowest BCUT2D eigenvalue weighted by Gasteiger charge is -2.13. The Balaban J connectivity index is 1.51. The molecule has 192 valence electrons. The fraction of sp³-hybridized carbons (Fsp3) is 0.107. The van der Waals surface area contributed by atoms with Crippen molar-refractivity contribution in [2.45, 2.75) is 18.3 Å². The summed E-state index contributed by atoms with van der Waals surface area (Å²) >= 11 is 2.44. The van der Waals surface area contributed by atoms with Crippen LogP contribution < -0.4 is 10.9 Å². The summed E-state index contributed by atoms with van der Waals surface area (Å²) in [6.07, 6.45) is -4.52. The molecule has 5 aromatic rings. The van der Waals surface area contributed by atoms with Gasteiger partial charge in [-0.05, 0) is 42.8 Å². The molecule has 0 bridgehead atoms. The highest BCUT2D eigenvalue weighted by Crippen LogP contribution is 2.37. The first-order valence-electron chi connectivity index (χ1n) is 11.5. The van der Waals surface area contributed by atoms with Crippen molar-refractivity contribution in [3.63, 3.8) is 0 Å². The van der Waals surface area contributed by atoms with Crippen LogP contribution in [0.15, 0.2) is 94.9 Å². The van der Waals surface area contributed by atoms with Gasteiger partial charge in [-0.25, -0.2) is 4.98 Å². The molecule has 38 heavy (non-hydrogen) atoms. The number of aryl methyl sites for hydroxylation is 1. The lowest BCUT2D eigenvalue weighted by Crippen LogP contribution is -2.22. The Kier molecular flexibility index (Phi) is 7.09. The van der Waals surface area contributed by atoms with Crippen molar-refractivity contribution in [1.29, 1.82) is 0 Å². The van der Waals surface area contributed by atoms with Crippen LogP contribution in [-0.2, 0) is 11.0 Å². The number of amides is 1. The van der Waals surface area contributed by atoms with E-state index in [9.17, 15) is 22.8 Å². The molecule has 0 spiro atoms. The Hall–Kier alpha value is -3.89. The van der Waals surface area contributed by atoms with Crippen molar-refractivity contribution in [3.05, 3.63) is 106 Å². The quantitative estimate of drug-likeness (QED) is 0.180. The molecule has 2 aromatic heterocycles. The third kappa shape index (κ3) is 5.23. The fourth-order valence-electron chi connectivity index (χ4n) is 4.10. The van der Waals surface area contributed by atoms with Gasteiger partial charge in [-0.1, -0.05) is 66.4 Å². The lowest BCUT2D eigenvalue weighted by molar-refractivity contribution is -0.137. The van der Waals surface area contributed by atoms with E-state index in [1.54, 1.807) is 24.3 Å². The van der Waals surface area contributed by atoms with E-state index < -0.39 is 17.6 Å². The van der Waals surface area contributed by atoms with Crippen molar-refractivity contribution in [3.8, 4) is 16.8 Å². The highest BCUT2D eigenvalue weighted by Gasteiger charge is 2.30. The van der Waals surface area contributed by atoms with Gasteiger partial charge in [0.2, 0.25) is 5.91 Å². The zero-order valence-corrected chi connectivity index (χ0v) is 21.6. The molecule has 0 unspecified atom stereocenters. The fourth-order valence-corrected chi connectivity index (χ4v) is 6.00. The average molecular weight is 552 g/mol. The number of alkyl halides is 3. The number of anilines is 1. The molecule has 0 aliphatic rings. The van der Waals surface area contributed by atoms with Gasteiger partial charge in [0, 0.05) is 16.1 Å². The Labute approximate surface area is 224 Å². The van der Waals surface area contributed by atoms with Crippen LogP contribution in [0.25, 0.3) is 27.0 Å². The number of thiophene rings is 1. The number of hydrogen-bond acceptors (Lipinski definition) is 5. The van der Waals surface area contributed by atoms with E-state index in [4.69, 9.17) is 4.98 Å². The lowest BCUT2D eigenvalue weighted by atomic mass is 10.0. The Morgan fingerprint density at radius 1 is 1.00 bits per heavy atom. The van der Waals surface area contributed by atoms with Crippen molar-refractivity contribution in [2.24, 2.45) is 0 Å². The summed E-state index contributed by atoms with van der Waals surface area (Å²) in [5.41, 5.74) is 1.26. The van der Waals surface area contributed by atoms with Gasteiger partial charge in [-0.3, -0.25) is 14.2 Å². The van der Waals surface area contributed by atoms with Crippen molar-refractivity contribution < 1.29 is 18.0 Å². The van der Waals surface area contributed by atoms with Crippen LogP contribution in [-0.4, -0.2) is 21.2 Å². The number of rotatable bonds is 6. The number of nitrogens with zero attached hydrogens (tertiary/aromatic N) is 2. The highest BCUT2D eigenvalue weighted by molar-refractivity contribution is 7.99. The Bertz CT molecular complexity index is 1680. The molecule has 0 fully saturated rings. The molecule has 0 saturated heterocycles. The first-order valence-corrected chi connectivity index (χ1v) is 13.3. The van der Waals surface area contributed by atoms with Gasteiger partial charge in [-0.15, -0.1) is 11.3 Å². The molecule has 1 amide bonds. The van der Waals surface area contributed by atoms with Gasteiger partial charge in [0.25, 0.3) is 5.56 Å². The predicted molar refractivity (Wildman–Crippen MR) is 146 cm³/mol. The molecule has 5 nitrogen and oxygen atoms in total. The van der Waals surface area contributed by atoms with Gasteiger partial charge in [-0.2, -0.15) is 13.2 Å². The number of hydrogen-bond donors (Lipinski definition) is 1. The average Bonchev–Trinajstić information content (AvgIpc) is 3.24. The molecule has 3 aromatic carbocycles. The summed E-state index contributed by atoms with van der Waals surface area (Å²) in [4.78, 5) is 32.9. The van der Waals surface area contributed by atoms with Crippen LogP contribution in [0.5, 0.6) is 0 Å². The predicted octanol–water partition coefficient (Wildman–Crippen LogP) is 7.17. The maximum atomic E-state index is 13.9. The number of para-hydroxylation sites is 1. The van der Waals surface area contributed by atoms with Gasteiger partial charge < -0.3 is 5.32 Å². The topological polar surface area (TPSA) is 64.0 Å². The van der Waals surface area contributed by atoms with Crippen LogP contribution in [0.3, 0.4) is 0 Å². The molecule has 0 aliphatic heterocycles. The number of carbonyl (C=O) groups is 1. The van der Waals surface area contributed by atoms with Crippen LogP contribution in [0.1, 0.15) is 10.4 Å². The number of benzene rings is 3. The van der Waals surface area contributed by atoms with Crippen LogP contribution >= 0.6 is 23.1 Å². The minimum absolute atomic E-state index is 0.0377. The summed E-state index contributed by atoms with van der Waals surface area (Å²) in [5.74, 6) is -0.674. The molecule has 0 aliphatic carbocycles. The summed E-state index contributed by atoms with van der Waals surface area (Å²) in [6, 6.07) is 23.1. The molecule has 5 rings (SSSR count). The molecule has 0 radical (unpaired) electrons. The first-order chi connectivity index (χ1) is 18.2. The third-order valence-electron chi connectivity index (χ3n) is 5.75. The monoisotopic (exact) mass is 551 g/mol. The maximum absolute atomic E-state index is 13.9. The number of nitrogens with one attached hydrogen (secondary N) is 1. The molecule has 10 heteroatoms. The van der Waals surface area contributed by atoms with Crippen molar-refractivity contribution >= 4 is 44.9 Å². The smallest absolute Gasteiger partial charge is 0.325 e. The largest absolute Gasteiger partial charge is 0.416 e. The van der Waals surface area contributed by atoms with Gasteiger partial charge in [0.05, 0.1) is 22.4 Å². The van der Waals surface area contributed by atoms with E-state index in [1.165, 1.54) is 28.0 Å². The van der Waals surface area contributed by atoms with E-state index >= 15 is 0 Å². The molecule has 0 atom stereocenters. The van der Waals surface area contributed by atoms with E-state index in [2.05, 4.69) is 5.32 Å². The van der Waals surface area contributed by atoms with E-state index in [-0.39, 0.29) is 17.0 Å². The van der Waals surface area contributed by atoms with E-state index in [0.717, 1.165) is 39.9 Å². The van der Waals surface area contributed by atoms with Crippen LogP contribution in [0.2, 0.25) is 0 Å². The standard InChI is InChI=1S/C28H20F3N3O2S2/c1-17-23(18-9-4-2-5-10-18)24-25(38-17)33-27(34(26(24)36)21-13-6-3-7-14-21)37-16-22(35)32-20-12-8-11-19(15-20)28(29,30)31/h2-15H,16H2,1H3,(H,32,35). The second-order valence-corrected chi connectivity index (χ2v) is 10.5. The summed E-state index contributed by atoms with van der Waals surface area (Å²) in [5, 5.41) is 3.31. The molecule has 2 heterocycles. The summed E-state index contributed by atoms with van der Waals surface area (Å²) in [7, 11) is 0. The van der Waals surface area contributed by atoms with E-state index in [1.807, 2.05) is 43.3 Å². The van der Waals surface area contributed by atoms with Crippen LogP contribution in [0.4, 0.5) is 18.9 Å². The zero-order valence-electron chi connectivity index (χ0n) is 20.0. The molecule has 1 N–H and O–H groups in total. The highest BCUT2D eigenvalue weighted by atomic mass is 32.2. The number of halogens is 3. The molecular formula is C28H20F3N3O2S2. The van der Waals surface area contributed by atoms with Crippen LogP contribution in [0, 0.1) is 6.92 Å². The summed E-state index contributed by atoms with van der Waals surface area (Å²) < 4.78 is 40.6. The van der Waals surface area contributed by atoms with Gasteiger partial charge in [0.15, 0.2) is 5.16 Å². The molecule has 0 saturated carbocycles. The molecular weight excluding hydrogens is 531 g/mol. The Morgan fingerprint density at radius 3 is 2.37 bits per heavy atom. The van der Waals surface area contributed by atoms with Gasteiger partial charge >= 0.3 is 6.18 Å². The number of aromatic nitrogens is 2. The maximum Gasteiger partial charge on any atom is 0.416 e. The normalized spacial score (nSPS) is 11.6. The van der Waals surface area contributed by atoms with Crippen molar-refractivity contribution in [2.75, 3.05) is 11.1 Å². The van der Waals surface area contributed by atoms with Gasteiger partial charge in [0.1, 0.15) is 4.83 Å². The van der Waals surface area contributed by atoms with Crippen molar-refractivity contribution in [1.82, 2.24) is 9.55 Å². The third-order valence-corrected chi connectivity index (χ3v) is 7.69. The summed E-state index contributed by atoms with van der Waals surface area (Å²) in [6.45, 7) is 1.94.